The molecule has 6 nitrogen and oxygen atoms in total. The van der Waals surface area contributed by atoms with E-state index in [0.717, 1.165) is 11.3 Å². The first kappa shape index (κ1) is 19.4. The second-order valence-corrected chi connectivity index (χ2v) is 6.84. The number of carbonyl (C=O) groups excluding carboxylic acids is 2. The second kappa shape index (κ2) is 8.99. The Labute approximate surface area is 154 Å². The minimum absolute atomic E-state index is 0.148. The van der Waals surface area contributed by atoms with Crippen LogP contribution in [0.5, 0.6) is 0 Å². The van der Waals surface area contributed by atoms with Crippen molar-refractivity contribution in [2.24, 2.45) is 0 Å². The molecule has 6 heteroatoms. The maximum atomic E-state index is 12.3. The van der Waals surface area contributed by atoms with Crippen molar-refractivity contribution in [1.29, 1.82) is 0 Å². The summed E-state index contributed by atoms with van der Waals surface area (Å²) in [7, 11) is 0. The van der Waals surface area contributed by atoms with Gasteiger partial charge in [-0.2, -0.15) is 0 Å². The van der Waals surface area contributed by atoms with Crippen molar-refractivity contribution in [3.63, 3.8) is 0 Å². The highest BCUT2D eigenvalue weighted by Crippen LogP contribution is 2.19. The summed E-state index contributed by atoms with van der Waals surface area (Å²) in [5.41, 5.74) is 1.13. The van der Waals surface area contributed by atoms with E-state index >= 15 is 0 Å². The zero-order valence-corrected chi connectivity index (χ0v) is 15.4. The van der Waals surface area contributed by atoms with Crippen LogP contribution in [0, 0.1) is 0 Å². The third-order valence-electron chi connectivity index (χ3n) is 3.44. The SMILES string of the molecule is CC(C)(C)OC(=O)NCCC(=O)NC(c1ccccc1)c1ccccn1. The maximum absolute atomic E-state index is 12.3. The molecule has 0 aliphatic heterocycles. The van der Waals surface area contributed by atoms with E-state index < -0.39 is 11.7 Å². The molecule has 2 amide bonds. The number of hydrogen-bond acceptors (Lipinski definition) is 4. The average Bonchev–Trinajstić information content (AvgIpc) is 2.59. The summed E-state index contributed by atoms with van der Waals surface area (Å²) in [6.45, 7) is 5.56. The first-order chi connectivity index (χ1) is 12.3. The van der Waals surface area contributed by atoms with Gasteiger partial charge in [0.15, 0.2) is 0 Å². The molecule has 1 aromatic heterocycles. The Balaban J connectivity index is 1.94. The molecular weight excluding hydrogens is 330 g/mol. The number of rotatable bonds is 6. The van der Waals surface area contributed by atoms with Crippen LogP contribution in [-0.2, 0) is 9.53 Å². The van der Waals surface area contributed by atoms with Crippen molar-refractivity contribution in [3.05, 3.63) is 66.0 Å². The third-order valence-corrected chi connectivity index (χ3v) is 3.44. The van der Waals surface area contributed by atoms with Crippen molar-refractivity contribution in [1.82, 2.24) is 15.6 Å². The summed E-state index contributed by atoms with van der Waals surface area (Å²) in [4.78, 5) is 28.3. The smallest absolute Gasteiger partial charge is 0.407 e. The normalized spacial score (nSPS) is 12.1. The highest BCUT2D eigenvalue weighted by atomic mass is 16.6. The highest BCUT2D eigenvalue weighted by molar-refractivity contribution is 5.78. The summed E-state index contributed by atoms with van der Waals surface area (Å²) in [5.74, 6) is -0.180. The van der Waals surface area contributed by atoms with E-state index in [1.165, 1.54) is 0 Å². The summed E-state index contributed by atoms with van der Waals surface area (Å²) < 4.78 is 5.15. The van der Waals surface area contributed by atoms with Crippen molar-refractivity contribution in [3.8, 4) is 0 Å². The number of benzene rings is 1. The molecule has 2 N–H and O–H groups in total. The lowest BCUT2D eigenvalue weighted by Crippen LogP contribution is -2.36. The molecule has 0 saturated carbocycles. The number of ether oxygens (including phenoxy) is 1. The summed E-state index contributed by atoms with van der Waals surface area (Å²) >= 11 is 0. The average molecular weight is 355 g/mol. The molecule has 1 aromatic carbocycles. The maximum Gasteiger partial charge on any atom is 0.407 e. The molecule has 0 aliphatic rings. The highest BCUT2D eigenvalue weighted by Gasteiger charge is 2.19. The van der Waals surface area contributed by atoms with Crippen molar-refractivity contribution in [2.75, 3.05) is 6.54 Å². The van der Waals surface area contributed by atoms with Gasteiger partial charge in [-0.25, -0.2) is 4.79 Å². The number of carbonyl (C=O) groups is 2. The molecule has 0 bridgehead atoms. The first-order valence-corrected chi connectivity index (χ1v) is 8.57. The fourth-order valence-electron chi connectivity index (χ4n) is 2.35. The molecule has 0 fully saturated rings. The lowest BCUT2D eigenvalue weighted by atomic mass is 10.0. The number of amides is 2. The van der Waals surface area contributed by atoms with Gasteiger partial charge in [0.1, 0.15) is 5.60 Å². The van der Waals surface area contributed by atoms with E-state index in [1.807, 2.05) is 48.5 Å². The number of nitrogens with one attached hydrogen (secondary N) is 2. The van der Waals surface area contributed by atoms with Crippen LogP contribution in [0.25, 0.3) is 0 Å². The van der Waals surface area contributed by atoms with Crippen molar-refractivity contribution < 1.29 is 14.3 Å². The molecule has 0 saturated heterocycles. The van der Waals surface area contributed by atoms with E-state index in [0.29, 0.717) is 0 Å². The van der Waals surface area contributed by atoms with E-state index in [1.54, 1.807) is 27.0 Å². The van der Waals surface area contributed by atoms with E-state index in [4.69, 9.17) is 4.74 Å². The fourth-order valence-corrected chi connectivity index (χ4v) is 2.35. The Bertz CT molecular complexity index is 673. The van der Waals surface area contributed by atoms with Crippen molar-refractivity contribution in [2.45, 2.75) is 38.8 Å². The molecule has 26 heavy (non-hydrogen) atoms. The topological polar surface area (TPSA) is 80.3 Å². The van der Waals surface area contributed by atoms with Gasteiger partial charge >= 0.3 is 6.09 Å². The van der Waals surface area contributed by atoms with Gasteiger partial charge in [-0.1, -0.05) is 36.4 Å². The van der Waals surface area contributed by atoms with Crippen LogP contribution in [0.4, 0.5) is 4.79 Å². The Hall–Kier alpha value is -2.89. The zero-order chi connectivity index (χ0) is 19.0. The Morgan fingerprint density at radius 2 is 1.77 bits per heavy atom. The van der Waals surface area contributed by atoms with Crippen LogP contribution in [-0.4, -0.2) is 29.1 Å². The number of pyridine rings is 1. The lowest BCUT2D eigenvalue weighted by Gasteiger charge is -2.20. The summed E-state index contributed by atoms with van der Waals surface area (Å²) in [5, 5.41) is 5.56. The van der Waals surface area contributed by atoms with Crippen LogP contribution in [0.2, 0.25) is 0 Å². The van der Waals surface area contributed by atoms with Gasteiger partial charge in [-0.05, 0) is 38.5 Å². The molecule has 1 atom stereocenters. The quantitative estimate of drug-likeness (QED) is 0.834. The number of nitrogens with zero attached hydrogens (tertiary/aromatic N) is 1. The molecular formula is C20H25N3O3. The second-order valence-electron chi connectivity index (χ2n) is 6.84. The van der Waals surface area contributed by atoms with Gasteiger partial charge < -0.3 is 15.4 Å². The van der Waals surface area contributed by atoms with Gasteiger partial charge in [0.2, 0.25) is 5.91 Å². The Morgan fingerprint density at radius 3 is 2.38 bits per heavy atom. The van der Waals surface area contributed by atoms with Crippen LogP contribution < -0.4 is 10.6 Å². The van der Waals surface area contributed by atoms with Crippen LogP contribution >= 0.6 is 0 Å². The number of alkyl carbamates (subject to hydrolysis) is 1. The summed E-state index contributed by atoms with van der Waals surface area (Å²) in [6, 6.07) is 14.9. The monoisotopic (exact) mass is 355 g/mol. The Morgan fingerprint density at radius 1 is 1.08 bits per heavy atom. The summed E-state index contributed by atoms with van der Waals surface area (Å²) in [6.07, 6.45) is 1.31. The van der Waals surface area contributed by atoms with Crippen LogP contribution in [0.3, 0.4) is 0 Å². The standard InChI is InChI=1S/C20H25N3O3/c1-20(2,3)26-19(25)22-14-12-17(24)23-18(15-9-5-4-6-10-15)16-11-7-8-13-21-16/h4-11,13,18H,12,14H2,1-3H3,(H,22,25)(H,23,24). The van der Waals surface area contributed by atoms with Crippen LogP contribution in [0.15, 0.2) is 54.7 Å². The molecule has 1 unspecified atom stereocenters. The Kier molecular flexibility index (Phi) is 6.72. The van der Waals surface area contributed by atoms with E-state index in [9.17, 15) is 9.59 Å². The van der Waals surface area contributed by atoms with E-state index in [-0.39, 0.29) is 24.9 Å². The van der Waals surface area contributed by atoms with Crippen LogP contribution in [0.1, 0.15) is 44.5 Å². The fraction of sp³-hybridized carbons (Fsp3) is 0.350. The lowest BCUT2D eigenvalue weighted by molar-refractivity contribution is -0.121. The van der Waals surface area contributed by atoms with Gasteiger partial charge in [-0.3, -0.25) is 9.78 Å². The molecule has 1 heterocycles. The van der Waals surface area contributed by atoms with Gasteiger partial charge in [0.25, 0.3) is 0 Å². The number of aromatic nitrogens is 1. The molecule has 2 rings (SSSR count). The zero-order valence-electron chi connectivity index (χ0n) is 15.4. The molecule has 138 valence electrons. The number of hydrogen-bond donors (Lipinski definition) is 2. The molecule has 0 spiro atoms. The van der Waals surface area contributed by atoms with Crippen molar-refractivity contribution >= 4 is 12.0 Å². The van der Waals surface area contributed by atoms with Gasteiger partial charge in [0, 0.05) is 19.2 Å². The largest absolute Gasteiger partial charge is 0.444 e. The van der Waals surface area contributed by atoms with Gasteiger partial charge in [-0.15, -0.1) is 0 Å². The van der Waals surface area contributed by atoms with Gasteiger partial charge in [0.05, 0.1) is 11.7 Å². The minimum Gasteiger partial charge on any atom is -0.444 e. The molecule has 0 aliphatic carbocycles. The first-order valence-electron chi connectivity index (χ1n) is 8.57. The molecule has 2 aromatic rings. The predicted molar refractivity (Wildman–Crippen MR) is 99.5 cm³/mol. The minimum atomic E-state index is -0.566. The molecule has 0 radical (unpaired) electrons. The third kappa shape index (κ3) is 6.55. The predicted octanol–water partition coefficient (Wildman–Crippen LogP) is 3.20. The van der Waals surface area contributed by atoms with E-state index in [2.05, 4.69) is 15.6 Å².